The van der Waals surface area contributed by atoms with Crippen LogP contribution in [0, 0.1) is 23.6 Å². The standard InChI is InChI=1S/C24H22F4N4O/c25-17-3-1-16(2-4-17)18-8-20(24(26,27)28)32-21(29-18)9-19(31-32)22(33)30-23-10-13-5-14(11-23)7-15(6-13)12-23/h1-4,8-9,13-15H,5-7,10-12H2,(H,30,33). The smallest absolute Gasteiger partial charge is 0.345 e. The third-order valence-electron chi connectivity index (χ3n) is 7.51. The zero-order valence-corrected chi connectivity index (χ0v) is 17.7. The number of amides is 1. The van der Waals surface area contributed by atoms with Crippen molar-refractivity contribution in [1.82, 2.24) is 19.9 Å². The Morgan fingerprint density at radius 1 is 1.00 bits per heavy atom. The number of carbonyl (C=O) groups is 1. The molecule has 1 aromatic carbocycles. The number of halogens is 4. The van der Waals surface area contributed by atoms with Gasteiger partial charge in [-0.2, -0.15) is 18.3 Å². The lowest BCUT2D eigenvalue weighted by atomic mass is 9.53. The Balaban J connectivity index is 1.36. The van der Waals surface area contributed by atoms with Crippen LogP contribution >= 0.6 is 0 Å². The highest BCUT2D eigenvalue weighted by molar-refractivity contribution is 5.94. The Morgan fingerprint density at radius 3 is 2.18 bits per heavy atom. The first-order valence-electron chi connectivity index (χ1n) is 11.2. The number of rotatable bonds is 3. The van der Waals surface area contributed by atoms with E-state index < -0.39 is 23.6 Å². The van der Waals surface area contributed by atoms with Crippen molar-refractivity contribution in [2.75, 3.05) is 0 Å². The minimum Gasteiger partial charge on any atom is -0.345 e. The van der Waals surface area contributed by atoms with E-state index in [9.17, 15) is 22.4 Å². The van der Waals surface area contributed by atoms with Crippen LogP contribution in [0.3, 0.4) is 0 Å². The van der Waals surface area contributed by atoms with Crippen LogP contribution < -0.4 is 5.32 Å². The van der Waals surface area contributed by atoms with E-state index in [4.69, 9.17) is 0 Å². The van der Waals surface area contributed by atoms with E-state index in [1.165, 1.54) is 37.5 Å². The molecule has 4 aliphatic rings. The highest BCUT2D eigenvalue weighted by Gasteiger charge is 2.51. The van der Waals surface area contributed by atoms with Crippen LogP contribution in [-0.2, 0) is 6.18 Å². The maximum absolute atomic E-state index is 13.8. The monoisotopic (exact) mass is 458 g/mol. The second-order valence-electron chi connectivity index (χ2n) is 9.98. The largest absolute Gasteiger partial charge is 0.433 e. The van der Waals surface area contributed by atoms with Gasteiger partial charge in [0.25, 0.3) is 5.91 Å². The molecule has 1 amide bonds. The van der Waals surface area contributed by atoms with E-state index in [1.54, 1.807) is 0 Å². The third-order valence-corrected chi connectivity index (χ3v) is 7.51. The summed E-state index contributed by atoms with van der Waals surface area (Å²) in [5.41, 5.74) is -1.12. The third kappa shape index (κ3) is 3.57. The molecule has 4 aliphatic carbocycles. The molecule has 5 nitrogen and oxygen atoms in total. The van der Waals surface area contributed by atoms with E-state index in [-0.39, 0.29) is 22.6 Å². The van der Waals surface area contributed by atoms with Crippen molar-refractivity contribution in [1.29, 1.82) is 0 Å². The van der Waals surface area contributed by atoms with E-state index in [1.807, 2.05) is 0 Å². The zero-order valence-electron chi connectivity index (χ0n) is 17.7. The van der Waals surface area contributed by atoms with Gasteiger partial charge in [-0.3, -0.25) is 4.79 Å². The number of hydrogen-bond donors (Lipinski definition) is 1. The van der Waals surface area contributed by atoms with Crippen molar-refractivity contribution in [3.63, 3.8) is 0 Å². The average Bonchev–Trinajstić information content (AvgIpc) is 3.16. The van der Waals surface area contributed by atoms with Gasteiger partial charge in [0.05, 0.1) is 5.69 Å². The predicted octanol–water partition coefficient (Wildman–Crippen LogP) is 5.25. The first-order chi connectivity index (χ1) is 15.7. The number of fused-ring (bicyclic) bond motifs is 1. The Bertz CT molecular complexity index is 1210. The van der Waals surface area contributed by atoms with Crippen molar-refractivity contribution >= 4 is 11.6 Å². The average molecular weight is 458 g/mol. The molecule has 7 rings (SSSR count). The molecule has 4 fully saturated rings. The van der Waals surface area contributed by atoms with E-state index in [0.29, 0.717) is 27.8 Å². The Hall–Kier alpha value is -2.97. The van der Waals surface area contributed by atoms with Crippen molar-refractivity contribution in [2.45, 2.75) is 50.2 Å². The molecule has 2 aromatic heterocycles. The lowest BCUT2D eigenvalue weighted by Crippen LogP contribution is -2.59. The number of aromatic nitrogens is 3. The van der Waals surface area contributed by atoms with Gasteiger partial charge in [-0.15, -0.1) is 0 Å². The maximum atomic E-state index is 13.8. The van der Waals surface area contributed by atoms with Gasteiger partial charge >= 0.3 is 6.18 Å². The molecule has 1 N–H and O–H groups in total. The molecule has 0 atom stereocenters. The lowest BCUT2D eigenvalue weighted by Gasteiger charge is -2.56. The minimum absolute atomic E-state index is 0.0303. The zero-order chi connectivity index (χ0) is 23.0. The molecular formula is C24H22F4N4O. The molecule has 0 radical (unpaired) electrons. The number of nitrogens with zero attached hydrogens (tertiary/aromatic N) is 3. The van der Waals surface area contributed by atoms with Gasteiger partial charge in [0, 0.05) is 17.2 Å². The number of nitrogens with one attached hydrogen (secondary N) is 1. The summed E-state index contributed by atoms with van der Waals surface area (Å²) in [6.45, 7) is 0. The first-order valence-corrected chi connectivity index (χ1v) is 11.2. The second kappa shape index (κ2) is 7.01. The van der Waals surface area contributed by atoms with Gasteiger partial charge in [-0.1, -0.05) is 0 Å². The predicted molar refractivity (Wildman–Crippen MR) is 112 cm³/mol. The van der Waals surface area contributed by atoms with Crippen LogP contribution in [0.2, 0.25) is 0 Å². The van der Waals surface area contributed by atoms with Gasteiger partial charge < -0.3 is 5.32 Å². The highest BCUT2D eigenvalue weighted by Crippen LogP contribution is 2.55. The minimum atomic E-state index is -4.71. The van der Waals surface area contributed by atoms with Crippen molar-refractivity contribution in [2.24, 2.45) is 17.8 Å². The molecule has 0 spiro atoms. The van der Waals surface area contributed by atoms with Crippen LogP contribution in [-0.4, -0.2) is 26.0 Å². The van der Waals surface area contributed by atoms with Crippen LogP contribution in [0.25, 0.3) is 16.9 Å². The van der Waals surface area contributed by atoms with Crippen LogP contribution in [0.5, 0.6) is 0 Å². The summed E-state index contributed by atoms with van der Waals surface area (Å²) in [6, 6.07) is 7.22. The van der Waals surface area contributed by atoms with E-state index in [0.717, 1.165) is 37.5 Å². The second-order valence-corrected chi connectivity index (χ2v) is 9.98. The fraction of sp³-hybridized carbons (Fsp3) is 0.458. The topological polar surface area (TPSA) is 59.3 Å². The van der Waals surface area contributed by atoms with Gasteiger partial charge in [-0.05, 0) is 86.6 Å². The fourth-order valence-electron chi connectivity index (χ4n) is 6.62. The van der Waals surface area contributed by atoms with Gasteiger partial charge in [-0.25, -0.2) is 13.9 Å². The molecule has 33 heavy (non-hydrogen) atoms. The Labute approximate surface area is 187 Å². The molecule has 3 aromatic rings. The number of alkyl halides is 3. The number of carbonyl (C=O) groups excluding carboxylic acids is 1. The Morgan fingerprint density at radius 2 is 1.61 bits per heavy atom. The molecule has 0 aliphatic heterocycles. The molecule has 0 unspecified atom stereocenters. The summed E-state index contributed by atoms with van der Waals surface area (Å²) < 4.78 is 55.4. The summed E-state index contributed by atoms with van der Waals surface area (Å²) in [5, 5.41) is 7.14. The summed E-state index contributed by atoms with van der Waals surface area (Å²) in [5.74, 6) is 0.904. The fourth-order valence-corrected chi connectivity index (χ4v) is 6.62. The molecule has 172 valence electrons. The molecule has 4 bridgehead atoms. The SMILES string of the molecule is O=C(NC12CC3CC(CC(C3)C1)C2)c1cc2nc(-c3ccc(F)cc3)cc(C(F)(F)F)n2n1. The van der Waals surface area contributed by atoms with Crippen molar-refractivity contribution < 1.29 is 22.4 Å². The van der Waals surface area contributed by atoms with Gasteiger partial charge in [0.1, 0.15) is 5.82 Å². The number of benzene rings is 1. The summed E-state index contributed by atoms with van der Waals surface area (Å²) in [6.07, 6.45) is 1.73. The van der Waals surface area contributed by atoms with E-state index in [2.05, 4.69) is 15.4 Å². The molecule has 4 saturated carbocycles. The van der Waals surface area contributed by atoms with Crippen molar-refractivity contribution in [3.05, 3.63) is 53.6 Å². The summed E-state index contributed by atoms with van der Waals surface area (Å²) in [7, 11) is 0. The maximum Gasteiger partial charge on any atom is 0.433 e. The summed E-state index contributed by atoms with van der Waals surface area (Å²) in [4.78, 5) is 17.4. The number of hydrogen-bond acceptors (Lipinski definition) is 3. The van der Waals surface area contributed by atoms with E-state index >= 15 is 0 Å². The quantitative estimate of drug-likeness (QED) is 0.546. The lowest BCUT2D eigenvalue weighted by molar-refractivity contribution is -0.142. The van der Waals surface area contributed by atoms with Gasteiger partial charge in [0.15, 0.2) is 17.0 Å². The molecule has 9 heteroatoms. The van der Waals surface area contributed by atoms with Crippen LogP contribution in [0.15, 0.2) is 36.4 Å². The molecule has 0 saturated heterocycles. The molecular weight excluding hydrogens is 436 g/mol. The Kier molecular flexibility index (Phi) is 4.38. The summed E-state index contributed by atoms with van der Waals surface area (Å²) >= 11 is 0. The van der Waals surface area contributed by atoms with Gasteiger partial charge in [0.2, 0.25) is 0 Å². The highest BCUT2D eigenvalue weighted by atomic mass is 19.4. The first kappa shape index (κ1) is 20.6. The molecule has 2 heterocycles. The van der Waals surface area contributed by atoms with Crippen LogP contribution in [0.4, 0.5) is 17.6 Å². The normalized spacial score (nSPS) is 28.4. The van der Waals surface area contributed by atoms with Crippen LogP contribution in [0.1, 0.15) is 54.7 Å². The van der Waals surface area contributed by atoms with Crippen molar-refractivity contribution in [3.8, 4) is 11.3 Å².